The van der Waals surface area contributed by atoms with Gasteiger partial charge in [0, 0.05) is 11.9 Å². The second-order valence-electron chi connectivity index (χ2n) is 5.37. The number of hydrazine groups is 1. The molecule has 122 valence electrons. The van der Waals surface area contributed by atoms with Crippen LogP contribution in [0.15, 0.2) is 47.2 Å². The lowest BCUT2D eigenvalue weighted by atomic mass is 10.2. The summed E-state index contributed by atoms with van der Waals surface area (Å²) in [5.74, 6) is 1.26. The first-order chi connectivity index (χ1) is 11.6. The second kappa shape index (κ2) is 5.92. The molecule has 2 heterocycles. The van der Waals surface area contributed by atoms with Gasteiger partial charge in [-0.1, -0.05) is 29.0 Å². The molecule has 1 aliphatic heterocycles. The lowest BCUT2D eigenvalue weighted by Gasteiger charge is -2.24. The van der Waals surface area contributed by atoms with Gasteiger partial charge in [-0.2, -0.15) is 0 Å². The van der Waals surface area contributed by atoms with Crippen molar-refractivity contribution in [3.8, 4) is 0 Å². The number of aromatic nitrogens is 1. The largest absolute Gasteiger partial charge is 0.468 e. The Balaban J connectivity index is 1.58. The van der Waals surface area contributed by atoms with Crippen molar-refractivity contribution in [3.63, 3.8) is 0 Å². The highest BCUT2D eigenvalue weighted by Gasteiger charge is 2.33. The maximum atomic E-state index is 11.8. The molecule has 1 fully saturated rings. The number of amidine groups is 1. The van der Waals surface area contributed by atoms with Crippen LogP contribution in [0.1, 0.15) is 13.3 Å². The van der Waals surface area contributed by atoms with Gasteiger partial charge in [-0.05, 0) is 30.4 Å². The number of amides is 1. The van der Waals surface area contributed by atoms with Crippen molar-refractivity contribution in [3.05, 3.63) is 47.2 Å². The standard InChI is InChI=1S/C16H13ClN4O2S/c1-9(22)21-15(23-11-3-2-4-11)8-14(20-21)19-16-18-12-6-5-10(17)7-13(12)24-16/h2-7,15H,8H2,1H3,(H,18,19,20). The minimum Gasteiger partial charge on any atom is -0.468 e. The molecule has 2 aromatic rings. The van der Waals surface area contributed by atoms with Crippen LogP contribution in [-0.4, -0.2) is 28.0 Å². The number of benzene rings is 1. The summed E-state index contributed by atoms with van der Waals surface area (Å²) in [4.78, 5) is 20.8. The Morgan fingerprint density at radius 3 is 3.08 bits per heavy atom. The van der Waals surface area contributed by atoms with E-state index < -0.39 is 6.23 Å². The van der Waals surface area contributed by atoms with Crippen LogP contribution in [-0.2, 0) is 9.53 Å². The number of fused-ring (bicyclic) bond motifs is 1. The number of allylic oxidation sites excluding steroid dienone is 3. The molecule has 1 aromatic carbocycles. The highest BCUT2D eigenvalue weighted by molar-refractivity contribution is 7.22. The van der Waals surface area contributed by atoms with Crippen molar-refractivity contribution in [2.75, 3.05) is 0 Å². The Bertz CT molecular complexity index is 918. The third-order valence-corrected chi connectivity index (χ3v) is 4.75. The van der Waals surface area contributed by atoms with Gasteiger partial charge in [0.05, 0.1) is 16.6 Å². The molecule has 1 aromatic heterocycles. The molecular weight excluding hydrogens is 348 g/mol. The first-order valence-corrected chi connectivity index (χ1v) is 8.53. The quantitative estimate of drug-likeness (QED) is 0.909. The molecule has 1 atom stereocenters. The van der Waals surface area contributed by atoms with Crippen molar-refractivity contribution in [1.29, 1.82) is 0 Å². The summed E-state index contributed by atoms with van der Waals surface area (Å²) in [5, 5.41) is 2.72. The van der Waals surface area contributed by atoms with Crippen LogP contribution < -0.4 is 5.43 Å². The number of rotatable bonds is 3. The van der Waals surface area contributed by atoms with E-state index in [1.807, 2.05) is 30.4 Å². The molecule has 0 spiro atoms. The first-order valence-electron chi connectivity index (χ1n) is 7.33. The zero-order chi connectivity index (χ0) is 16.7. The number of aliphatic imine (C=N–C) groups is 1. The van der Waals surface area contributed by atoms with E-state index in [2.05, 4.69) is 15.4 Å². The normalized spacial score (nSPS) is 20.9. The summed E-state index contributed by atoms with van der Waals surface area (Å²) in [7, 11) is 0. The predicted molar refractivity (Wildman–Crippen MR) is 94.1 cm³/mol. The zero-order valence-electron chi connectivity index (χ0n) is 12.7. The van der Waals surface area contributed by atoms with Crippen molar-refractivity contribution >= 4 is 50.0 Å². The van der Waals surface area contributed by atoms with Gasteiger partial charge in [-0.15, -0.1) is 0 Å². The molecule has 24 heavy (non-hydrogen) atoms. The second-order valence-corrected chi connectivity index (χ2v) is 6.82. The zero-order valence-corrected chi connectivity index (χ0v) is 14.3. The van der Waals surface area contributed by atoms with Gasteiger partial charge in [0.2, 0.25) is 11.0 Å². The molecule has 1 N–H and O–H groups in total. The van der Waals surface area contributed by atoms with Gasteiger partial charge in [0.25, 0.3) is 0 Å². The summed E-state index contributed by atoms with van der Waals surface area (Å²) >= 11 is 7.45. The van der Waals surface area contributed by atoms with Crippen LogP contribution >= 0.6 is 22.9 Å². The Kier molecular flexibility index (Phi) is 3.74. The van der Waals surface area contributed by atoms with E-state index in [-0.39, 0.29) is 5.91 Å². The minimum absolute atomic E-state index is 0.134. The maximum Gasteiger partial charge on any atom is 0.241 e. The van der Waals surface area contributed by atoms with Gasteiger partial charge >= 0.3 is 0 Å². The predicted octanol–water partition coefficient (Wildman–Crippen LogP) is 3.53. The fourth-order valence-electron chi connectivity index (χ4n) is 2.42. The van der Waals surface area contributed by atoms with Crippen molar-refractivity contribution < 1.29 is 9.53 Å². The van der Waals surface area contributed by atoms with Gasteiger partial charge in [0.1, 0.15) is 11.6 Å². The molecule has 4 rings (SSSR count). The monoisotopic (exact) mass is 360 g/mol. The van der Waals surface area contributed by atoms with E-state index in [0.29, 0.717) is 22.4 Å². The number of carbonyl (C=O) groups excluding carboxylic acids is 1. The smallest absolute Gasteiger partial charge is 0.241 e. The lowest BCUT2D eigenvalue weighted by molar-refractivity contribution is -0.140. The van der Waals surface area contributed by atoms with E-state index in [0.717, 1.165) is 16.0 Å². The molecule has 1 saturated heterocycles. The molecule has 0 radical (unpaired) electrons. The van der Waals surface area contributed by atoms with Crippen molar-refractivity contribution in [1.82, 2.24) is 15.4 Å². The van der Waals surface area contributed by atoms with E-state index in [9.17, 15) is 4.79 Å². The molecule has 8 heteroatoms. The number of hydrogen-bond acceptors (Lipinski definition) is 5. The number of thiazole rings is 1. The SMILES string of the molecule is CC(=O)N1NC(=Nc2nc3ccc(Cl)cc3s2)CC1OC1=CC=C1. The number of nitrogens with zero attached hydrogens (tertiary/aromatic N) is 3. The van der Waals surface area contributed by atoms with Crippen LogP contribution in [0.5, 0.6) is 0 Å². The molecule has 0 bridgehead atoms. The minimum atomic E-state index is -0.415. The molecule has 2 aliphatic rings. The lowest BCUT2D eigenvalue weighted by Crippen LogP contribution is -2.42. The summed E-state index contributed by atoms with van der Waals surface area (Å²) in [5.41, 5.74) is 3.85. The third-order valence-electron chi connectivity index (χ3n) is 3.61. The maximum absolute atomic E-state index is 11.8. The van der Waals surface area contributed by atoms with E-state index >= 15 is 0 Å². The van der Waals surface area contributed by atoms with Crippen LogP contribution in [0.3, 0.4) is 0 Å². The van der Waals surface area contributed by atoms with Crippen molar-refractivity contribution in [2.45, 2.75) is 19.6 Å². The highest BCUT2D eigenvalue weighted by Crippen LogP contribution is 2.31. The summed E-state index contributed by atoms with van der Waals surface area (Å²) in [6.45, 7) is 1.48. The number of nitrogens with one attached hydrogen (secondary N) is 1. The van der Waals surface area contributed by atoms with Crippen LogP contribution in [0.2, 0.25) is 5.02 Å². The topological polar surface area (TPSA) is 66.8 Å². The first kappa shape index (κ1) is 15.2. The Morgan fingerprint density at radius 1 is 1.54 bits per heavy atom. The summed E-state index contributed by atoms with van der Waals surface area (Å²) in [6.07, 6.45) is 5.65. The van der Waals surface area contributed by atoms with E-state index in [1.165, 1.54) is 23.3 Å². The number of carbonyl (C=O) groups is 1. The molecule has 0 saturated carbocycles. The van der Waals surface area contributed by atoms with Crippen molar-refractivity contribution in [2.24, 2.45) is 4.99 Å². The van der Waals surface area contributed by atoms with Gasteiger partial charge in [-0.3, -0.25) is 10.2 Å². The Hall–Kier alpha value is -2.38. The number of halogens is 1. The Labute approximate surface area is 147 Å². The fourth-order valence-corrected chi connectivity index (χ4v) is 3.56. The van der Waals surface area contributed by atoms with Gasteiger partial charge in [0.15, 0.2) is 6.23 Å². The molecule has 1 aliphatic carbocycles. The summed E-state index contributed by atoms with van der Waals surface area (Å²) in [6, 6.07) is 5.53. The molecular formula is C16H13ClN4O2S. The summed E-state index contributed by atoms with van der Waals surface area (Å²) < 4.78 is 6.74. The Morgan fingerprint density at radius 2 is 2.38 bits per heavy atom. The van der Waals surface area contributed by atoms with Gasteiger partial charge < -0.3 is 4.74 Å². The molecule has 6 nitrogen and oxygen atoms in total. The highest BCUT2D eigenvalue weighted by atomic mass is 35.5. The molecule has 1 amide bonds. The van der Waals surface area contributed by atoms with Crippen LogP contribution in [0, 0.1) is 0 Å². The number of hydrogen-bond donors (Lipinski definition) is 1. The third kappa shape index (κ3) is 2.88. The van der Waals surface area contributed by atoms with Crippen LogP contribution in [0.25, 0.3) is 10.2 Å². The van der Waals surface area contributed by atoms with E-state index in [4.69, 9.17) is 16.3 Å². The fraction of sp³-hybridized carbons (Fsp3) is 0.188. The average Bonchev–Trinajstić information content (AvgIpc) is 3.06. The average molecular weight is 361 g/mol. The number of ether oxygens (including phenoxy) is 1. The van der Waals surface area contributed by atoms with Gasteiger partial charge in [-0.25, -0.2) is 15.0 Å². The molecule has 1 unspecified atom stereocenters. The van der Waals surface area contributed by atoms with Crippen LogP contribution in [0.4, 0.5) is 5.13 Å². The van der Waals surface area contributed by atoms with E-state index in [1.54, 1.807) is 6.07 Å².